The highest BCUT2D eigenvalue weighted by molar-refractivity contribution is 5.99. The van der Waals surface area contributed by atoms with E-state index in [1.165, 1.54) is 0 Å². The first-order valence-electron chi connectivity index (χ1n) is 16.1. The third kappa shape index (κ3) is 13.7. The van der Waals surface area contributed by atoms with Gasteiger partial charge < -0.3 is 29.6 Å². The highest BCUT2D eigenvalue weighted by Crippen LogP contribution is 2.23. The number of ketones is 2. The first-order valence-corrected chi connectivity index (χ1v) is 16.1. The fourth-order valence-corrected chi connectivity index (χ4v) is 4.30. The van der Waals surface area contributed by atoms with Crippen LogP contribution in [0.25, 0.3) is 11.1 Å². The van der Waals surface area contributed by atoms with E-state index in [0.29, 0.717) is 11.1 Å². The normalized spacial score (nSPS) is 13.1. The van der Waals surface area contributed by atoms with Crippen LogP contribution < -0.4 is 10.6 Å². The Morgan fingerprint density at radius 1 is 0.571 bits per heavy atom. The lowest BCUT2D eigenvalue weighted by Gasteiger charge is -2.30. The SMILES string of the molecule is CC(C)[C@H](NC(=O)OC(C)(C)C)C(=O)OCC(=O)c1ccc(-c2ccc(C(=O)COC(=O)C(NC(=O)OC(C)(C)C)C(C)(C)C)cc2)cc1. The Morgan fingerprint density at radius 3 is 1.29 bits per heavy atom. The van der Waals surface area contributed by atoms with Crippen LogP contribution in [0.15, 0.2) is 48.5 Å². The molecule has 49 heavy (non-hydrogen) atoms. The fraction of sp³-hybridized carbons (Fsp3) is 0.514. The van der Waals surface area contributed by atoms with Gasteiger partial charge in [-0.25, -0.2) is 19.2 Å². The summed E-state index contributed by atoms with van der Waals surface area (Å²) in [5, 5.41) is 5.04. The van der Waals surface area contributed by atoms with Gasteiger partial charge in [-0.15, -0.1) is 0 Å². The average Bonchev–Trinajstić information content (AvgIpc) is 2.97. The Morgan fingerprint density at radius 2 is 0.939 bits per heavy atom. The Bertz CT molecular complexity index is 1490. The monoisotopic (exact) mass is 682 g/mol. The Balaban J connectivity index is 1.97. The molecule has 12 nitrogen and oxygen atoms in total. The number of hydrogen-bond donors (Lipinski definition) is 2. The van der Waals surface area contributed by atoms with Gasteiger partial charge in [-0.05, 0) is 64.0 Å². The van der Waals surface area contributed by atoms with Gasteiger partial charge in [-0.3, -0.25) is 9.59 Å². The molecule has 2 atom stereocenters. The van der Waals surface area contributed by atoms with Crippen LogP contribution in [0.1, 0.15) is 96.9 Å². The van der Waals surface area contributed by atoms with Crippen molar-refractivity contribution in [1.29, 1.82) is 0 Å². The molecule has 2 aromatic rings. The summed E-state index contributed by atoms with van der Waals surface area (Å²) in [5.41, 5.74) is -0.0332. The summed E-state index contributed by atoms with van der Waals surface area (Å²) >= 11 is 0. The van der Waals surface area contributed by atoms with Crippen molar-refractivity contribution in [3.63, 3.8) is 0 Å². The molecule has 0 saturated carbocycles. The lowest BCUT2D eigenvalue weighted by molar-refractivity contribution is -0.148. The maximum atomic E-state index is 12.8. The van der Waals surface area contributed by atoms with Crippen LogP contribution in [0.4, 0.5) is 9.59 Å². The number of ether oxygens (including phenoxy) is 4. The maximum Gasteiger partial charge on any atom is 0.408 e. The number of Topliss-reactive ketones (excluding diaryl/α,β-unsaturated/α-hetero) is 2. The van der Waals surface area contributed by atoms with Crippen molar-refractivity contribution in [1.82, 2.24) is 10.6 Å². The summed E-state index contributed by atoms with van der Waals surface area (Å²) in [7, 11) is 0. The third-order valence-electron chi connectivity index (χ3n) is 6.79. The highest BCUT2D eigenvalue weighted by atomic mass is 16.6. The van der Waals surface area contributed by atoms with Crippen LogP contribution in [0, 0.1) is 11.3 Å². The number of carbonyl (C=O) groups excluding carboxylic acids is 6. The number of amides is 2. The molecule has 0 spiro atoms. The zero-order valence-corrected chi connectivity index (χ0v) is 30.3. The van der Waals surface area contributed by atoms with Crippen LogP contribution in [0.2, 0.25) is 0 Å². The van der Waals surface area contributed by atoms with Crippen LogP contribution in [0.3, 0.4) is 0 Å². The van der Waals surface area contributed by atoms with E-state index < -0.39 is 77.6 Å². The molecule has 2 rings (SSSR count). The molecule has 0 aliphatic heterocycles. The second-order valence-electron chi connectivity index (χ2n) is 15.0. The molecule has 0 fully saturated rings. The maximum absolute atomic E-state index is 12.8. The molecular weight excluding hydrogens is 632 g/mol. The number of hydrogen-bond acceptors (Lipinski definition) is 10. The minimum atomic E-state index is -1.04. The third-order valence-corrected chi connectivity index (χ3v) is 6.79. The average molecular weight is 683 g/mol. The minimum Gasteiger partial charge on any atom is -0.456 e. The van der Waals surface area contributed by atoms with Gasteiger partial charge in [0.15, 0.2) is 24.8 Å². The predicted octanol–water partition coefficient (Wildman–Crippen LogP) is 6.29. The van der Waals surface area contributed by atoms with Gasteiger partial charge in [0.1, 0.15) is 23.3 Å². The van der Waals surface area contributed by atoms with Crippen LogP contribution in [-0.2, 0) is 28.5 Å². The first-order chi connectivity index (χ1) is 22.5. The summed E-state index contributed by atoms with van der Waals surface area (Å²) in [6, 6.07) is 11.2. The van der Waals surface area contributed by atoms with E-state index >= 15 is 0 Å². The molecule has 0 heterocycles. The zero-order chi connectivity index (χ0) is 37.3. The Hall–Kier alpha value is -4.74. The second-order valence-corrected chi connectivity index (χ2v) is 15.0. The number of benzene rings is 2. The molecule has 2 amide bonds. The van der Waals surface area contributed by atoms with Crippen molar-refractivity contribution in [3.8, 4) is 11.1 Å². The number of nitrogens with one attached hydrogen (secondary N) is 2. The molecule has 0 radical (unpaired) electrons. The second kappa shape index (κ2) is 16.6. The Labute approximate surface area is 288 Å². The minimum absolute atomic E-state index is 0.306. The number of rotatable bonds is 12. The molecule has 268 valence electrons. The van der Waals surface area contributed by atoms with Crippen molar-refractivity contribution in [2.45, 2.75) is 99.4 Å². The predicted molar refractivity (Wildman–Crippen MR) is 183 cm³/mol. The summed E-state index contributed by atoms with van der Waals surface area (Å²) < 4.78 is 21.0. The lowest BCUT2D eigenvalue weighted by Crippen LogP contribution is -2.51. The lowest BCUT2D eigenvalue weighted by atomic mass is 9.87. The molecule has 0 aliphatic carbocycles. The fourth-order valence-electron chi connectivity index (χ4n) is 4.30. The first kappa shape index (κ1) is 40.4. The van der Waals surface area contributed by atoms with Gasteiger partial charge in [0.25, 0.3) is 0 Å². The highest BCUT2D eigenvalue weighted by Gasteiger charge is 2.36. The quantitative estimate of drug-likeness (QED) is 0.148. The molecule has 1 unspecified atom stereocenters. The van der Waals surface area contributed by atoms with Crippen molar-refractivity contribution in [3.05, 3.63) is 59.7 Å². The largest absolute Gasteiger partial charge is 0.456 e. The van der Waals surface area contributed by atoms with Crippen LogP contribution >= 0.6 is 0 Å². The molecule has 2 aromatic carbocycles. The van der Waals surface area contributed by atoms with Crippen molar-refractivity contribution in [2.24, 2.45) is 11.3 Å². The van der Waals surface area contributed by atoms with E-state index in [2.05, 4.69) is 10.6 Å². The van der Waals surface area contributed by atoms with E-state index in [9.17, 15) is 28.8 Å². The van der Waals surface area contributed by atoms with Gasteiger partial charge in [0, 0.05) is 11.1 Å². The van der Waals surface area contributed by atoms with E-state index in [4.69, 9.17) is 18.9 Å². The zero-order valence-electron chi connectivity index (χ0n) is 30.3. The number of carbonyl (C=O) groups is 6. The molecule has 12 heteroatoms. The van der Waals surface area contributed by atoms with Crippen molar-refractivity contribution < 1.29 is 47.7 Å². The van der Waals surface area contributed by atoms with E-state index in [1.54, 1.807) is 125 Å². The molecule has 0 aliphatic rings. The van der Waals surface area contributed by atoms with Gasteiger partial charge in [0.2, 0.25) is 0 Å². The molecule has 0 aromatic heterocycles. The van der Waals surface area contributed by atoms with Crippen molar-refractivity contribution >= 4 is 35.7 Å². The summed E-state index contributed by atoms with van der Waals surface area (Å²) in [6.45, 7) is 17.9. The summed E-state index contributed by atoms with van der Waals surface area (Å²) in [4.78, 5) is 75.5. The molecule has 0 bridgehead atoms. The van der Waals surface area contributed by atoms with Gasteiger partial charge in [0.05, 0.1) is 0 Å². The molecule has 0 saturated heterocycles. The van der Waals surface area contributed by atoms with Gasteiger partial charge in [-0.1, -0.05) is 83.1 Å². The van der Waals surface area contributed by atoms with Gasteiger partial charge >= 0.3 is 24.1 Å². The molecular formula is C37H50N2O10. The van der Waals surface area contributed by atoms with E-state index in [-0.39, 0.29) is 5.92 Å². The molecule has 2 N–H and O–H groups in total. The van der Waals surface area contributed by atoms with Crippen LogP contribution in [-0.4, -0.2) is 72.2 Å². The summed E-state index contributed by atoms with van der Waals surface area (Å²) in [6.07, 6.45) is -1.53. The van der Waals surface area contributed by atoms with Crippen LogP contribution in [0.5, 0.6) is 0 Å². The van der Waals surface area contributed by atoms with E-state index in [0.717, 1.165) is 11.1 Å². The van der Waals surface area contributed by atoms with Crippen molar-refractivity contribution in [2.75, 3.05) is 13.2 Å². The standard InChI is InChI=1S/C37H50N2O10/c1-22(2)29(38-33(44)48-36(6,7)8)31(42)46-20-27(40)25-16-12-23(13-17-25)24-14-18-26(19-15-24)28(41)21-47-32(43)30(35(3,4)5)39-34(45)49-37(9,10)11/h12-19,22,29-30H,20-21H2,1-11H3,(H,38,44)(H,39,45)/t29-,30?/m0/s1. The van der Waals surface area contributed by atoms with Gasteiger partial charge in [-0.2, -0.15) is 0 Å². The number of esters is 2. The summed E-state index contributed by atoms with van der Waals surface area (Å²) in [5.74, 6) is -2.67. The topological polar surface area (TPSA) is 163 Å². The number of alkyl carbamates (subject to hydrolysis) is 2. The van der Waals surface area contributed by atoms with E-state index in [1.807, 2.05) is 0 Å². The smallest absolute Gasteiger partial charge is 0.408 e. The Kier molecular flexibility index (Phi) is 13.7.